The monoisotopic (exact) mass is 272 g/mol. The van der Waals surface area contributed by atoms with Gasteiger partial charge in [-0.2, -0.15) is 0 Å². The van der Waals surface area contributed by atoms with Gasteiger partial charge in [-0.25, -0.2) is 0 Å². The van der Waals surface area contributed by atoms with Crippen LogP contribution in [0.2, 0.25) is 5.02 Å². The molecule has 0 aliphatic carbocycles. The Morgan fingerprint density at radius 1 is 1.39 bits per heavy atom. The lowest BCUT2D eigenvalue weighted by Crippen LogP contribution is -2.34. The number of carbonyl (C=O) groups excluding carboxylic acids is 1. The molecule has 0 aliphatic rings. The molecule has 1 amide bonds. The van der Waals surface area contributed by atoms with Crippen molar-refractivity contribution < 1.29 is 14.3 Å². The van der Waals surface area contributed by atoms with Crippen molar-refractivity contribution in [3.05, 3.63) is 17.2 Å². The van der Waals surface area contributed by atoms with E-state index in [9.17, 15) is 4.79 Å². The zero-order valence-corrected chi connectivity index (χ0v) is 11.4. The largest absolute Gasteiger partial charge is 0.495 e. The standard InChI is InChI=1S/C12H17ClN2O3/c1-4-8(14)12(16)15-9-6-10(17-2)7(13)5-11(9)18-3/h5-6,8H,4,14H2,1-3H3,(H,15,16)/t8-/m0/s1. The number of methoxy groups -OCH3 is 2. The van der Waals surface area contributed by atoms with Crippen LogP contribution in [-0.4, -0.2) is 26.2 Å². The van der Waals surface area contributed by atoms with E-state index in [1.807, 2.05) is 6.92 Å². The minimum absolute atomic E-state index is 0.278. The summed E-state index contributed by atoms with van der Waals surface area (Å²) in [5.41, 5.74) is 6.13. The molecule has 1 rings (SSSR count). The van der Waals surface area contributed by atoms with Crippen LogP contribution >= 0.6 is 11.6 Å². The number of ether oxygens (including phenoxy) is 2. The fourth-order valence-corrected chi connectivity index (χ4v) is 1.60. The Hall–Kier alpha value is -1.46. The van der Waals surface area contributed by atoms with Gasteiger partial charge in [0.1, 0.15) is 11.5 Å². The highest BCUT2D eigenvalue weighted by Crippen LogP contribution is 2.35. The van der Waals surface area contributed by atoms with Crippen molar-refractivity contribution in [1.82, 2.24) is 0 Å². The van der Waals surface area contributed by atoms with Crippen LogP contribution in [0.4, 0.5) is 5.69 Å². The zero-order valence-electron chi connectivity index (χ0n) is 10.6. The van der Waals surface area contributed by atoms with E-state index in [0.29, 0.717) is 28.6 Å². The van der Waals surface area contributed by atoms with Gasteiger partial charge in [-0.1, -0.05) is 18.5 Å². The zero-order chi connectivity index (χ0) is 13.7. The van der Waals surface area contributed by atoms with Gasteiger partial charge >= 0.3 is 0 Å². The van der Waals surface area contributed by atoms with Crippen LogP contribution < -0.4 is 20.5 Å². The molecule has 1 atom stereocenters. The molecule has 6 heteroatoms. The molecule has 18 heavy (non-hydrogen) atoms. The molecule has 5 nitrogen and oxygen atoms in total. The second-order valence-corrected chi connectivity index (χ2v) is 4.10. The Morgan fingerprint density at radius 3 is 2.50 bits per heavy atom. The van der Waals surface area contributed by atoms with E-state index in [-0.39, 0.29) is 5.91 Å². The van der Waals surface area contributed by atoms with Gasteiger partial charge in [0.25, 0.3) is 0 Å². The van der Waals surface area contributed by atoms with Crippen LogP contribution in [0.3, 0.4) is 0 Å². The van der Waals surface area contributed by atoms with E-state index in [1.54, 1.807) is 12.1 Å². The van der Waals surface area contributed by atoms with Crippen molar-refractivity contribution in [3.8, 4) is 11.5 Å². The Morgan fingerprint density at radius 2 is 2.00 bits per heavy atom. The quantitative estimate of drug-likeness (QED) is 0.860. The lowest BCUT2D eigenvalue weighted by molar-refractivity contribution is -0.117. The highest BCUT2D eigenvalue weighted by atomic mass is 35.5. The fraction of sp³-hybridized carbons (Fsp3) is 0.417. The van der Waals surface area contributed by atoms with E-state index in [4.69, 9.17) is 26.8 Å². The normalized spacial score (nSPS) is 11.8. The summed E-state index contributed by atoms with van der Waals surface area (Å²) in [6.07, 6.45) is 0.554. The molecule has 1 aromatic rings. The third-order valence-corrected chi connectivity index (χ3v) is 2.80. The predicted molar refractivity (Wildman–Crippen MR) is 71.5 cm³/mol. The number of anilines is 1. The third kappa shape index (κ3) is 3.27. The van der Waals surface area contributed by atoms with Crippen molar-refractivity contribution >= 4 is 23.2 Å². The maximum absolute atomic E-state index is 11.7. The first-order valence-electron chi connectivity index (χ1n) is 5.51. The Balaban J connectivity index is 3.03. The average Bonchev–Trinajstić information content (AvgIpc) is 2.38. The fourth-order valence-electron chi connectivity index (χ4n) is 1.37. The highest BCUT2D eigenvalue weighted by Gasteiger charge is 2.15. The molecule has 0 unspecified atom stereocenters. The van der Waals surface area contributed by atoms with Gasteiger partial charge in [0.05, 0.1) is 31.0 Å². The second-order valence-electron chi connectivity index (χ2n) is 3.69. The molecule has 0 saturated carbocycles. The molecule has 0 spiro atoms. The summed E-state index contributed by atoms with van der Waals surface area (Å²) < 4.78 is 10.2. The first-order valence-corrected chi connectivity index (χ1v) is 5.89. The molecule has 0 saturated heterocycles. The molecule has 0 fully saturated rings. The predicted octanol–water partition coefficient (Wildman–Crippen LogP) is 2.03. The van der Waals surface area contributed by atoms with Crippen LogP contribution in [0.25, 0.3) is 0 Å². The van der Waals surface area contributed by atoms with Crippen LogP contribution in [0, 0.1) is 0 Å². The minimum Gasteiger partial charge on any atom is -0.495 e. The lowest BCUT2D eigenvalue weighted by atomic mass is 10.2. The second kappa shape index (κ2) is 6.47. The van der Waals surface area contributed by atoms with E-state index in [2.05, 4.69) is 5.32 Å². The summed E-state index contributed by atoms with van der Waals surface area (Å²) in [5, 5.41) is 3.10. The van der Waals surface area contributed by atoms with Gasteiger partial charge in [0, 0.05) is 12.1 Å². The van der Waals surface area contributed by atoms with Gasteiger partial charge in [0.2, 0.25) is 5.91 Å². The molecule has 0 aliphatic heterocycles. The van der Waals surface area contributed by atoms with E-state index < -0.39 is 6.04 Å². The highest BCUT2D eigenvalue weighted by molar-refractivity contribution is 6.32. The number of hydrogen-bond donors (Lipinski definition) is 2. The average molecular weight is 273 g/mol. The first-order chi connectivity index (χ1) is 8.53. The summed E-state index contributed by atoms with van der Waals surface area (Å²) in [5.74, 6) is 0.635. The molecule has 3 N–H and O–H groups in total. The maximum Gasteiger partial charge on any atom is 0.241 e. The Labute approximate surface area is 111 Å². The SMILES string of the molecule is CC[C@H](N)C(=O)Nc1cc(OC)c(Cl)cc1OC. The number of rotatable bonds is 5. The summed E-state index contributed by atoms with van der Waals surface area (Å²) in [6, 6.07) is 2.62. The molecular weight excluding hydrogens is 256 g/mol. The van der Waals surface area contributed by atoms with Crippen molar-refractivity contribution in [1.29, 1.82) is 0 Å². The van der Waals surface area contributed by atoms with Crippen molar-refractivity contribution in [2.24, 2.45) is 5.73 Å². The molecule has 1 aromatic carbocycles. The van der Waals surface area contributed by atoms with Gasteiger partial charge < -0.3 is 20.5 Å². The van der Waals surface area contributed by atoms with Crippen molar-refractivity contribution in [2.45, 2.75) is 19.4 Å². The van der Waals surface area contributed by atoms with Gasteiger partial charge in [-0.05, 0) is 6.42 Å². The summed E-state index contributed by atoms with van der Waals surface area (Å²) in [4.78, 5) is 11.7. The smallest absolute Gasteiger partial charge is 0.241 e. The topological polar surface area (TPSA) is 73.6 Å². The maximum atomic E-state index is 11.7. The Kier molecular flexibility index (Phi) is 5.25. The van der Waals surface area contributed by atoms with Crippen molar-refractivity contribution in [2.75, 3.05) is 19.5 Å². The van der Waals surface area contributed by atoms with Gasteiger partial charge in [-0.15, -0.1) is 0 Å². The molecule has 0 heterocycles. The number of nitrogens with two attached hydrogens (primary N) is 1. The number of carbonyl (C=O) groups is 1. The van der Waals surface area contributed by atoms with Crippen molar-refractivity contribution in [3.63, 3.8) is 0 Å². The summed E-state index contributed by atoms with van der Waals surface area (Å²) in [7, 11) is 2.99. The summed E-state index contributed by atoms with van der Waals surface area (Å²) >= 11 is 5.96. The molecule has 0 aromatic heterocycles. The third-order valence-electron chi connectivity index (χ3n) is 2.51. The van der Waals surface area contributed by atoms with E-state index in [0.717, 1.165) is 0 Å². The van der Waals surface area contributed by atoms with Gasteiger partial charge in [-0.3, -0.25) is 4.79 Å². The van der Waals surface area contributed by atoms with E-state index in [1.165, 1.54) is 14.2 Å². The number of benzene rings is 1. The number of nitrogens with one attached hydrogen (secondary N) is 1. The van der Waals surface area contributed by atoms with Crippen LogP contribution in [-0.2, 0) is 4.79 Å². The number of hydrogen-bond acceptors (Lipinski definition) is 4. The van der Waals surface area contributed by atoms with Crippen LogP contribution in [0.15, 0.2) is 12.1 Å². The van der Waals surface area contributed by atoms with Crippen LogP contribution in [0.1, 0.15) is 13.3 Å². The van der Waals surface area contributed by atoms with Crippen LogP contribution in [0.5, 0.6) is 11.5 Å². The lowest BCUT2D eigenvalue weighted by Gasteiger charge is -2.15. The van der Waals surface area contributed by atoms with E-state index >= 15 is 0 Å². The number of amides is 1. The molecular formula is C12H17ClN2O3. The van der Waals surface area contributed by atoms with Gasteiger partial charge in [0.15, 0.2) is 0 Å². The minimum atomic E-state index is -0.559. The first kappa shape index (κ1) is 14.6. The number of halogens is 1. The molecule has 0 radical (unpaired) electrons. The Bertz CT molecular complexity index is 438. The molecule has 100 valence electrons. The molecule has 0 bridgehead atoms. The summed E-state index contributed by atoms with van der Waals surface area (Å²) in [6.45, 7) is 1.84.